The molecule has 1 N–H and O–H groups in total. The number of nitrogens with one attached hydrogen (secondary N) is 1. The fraction of sp³-hybridized carbons (Fsp3) is 0.500. The molecule has 8 heteroatoms. The second kappa shape index (κ2) is 10.9. The Morgan fingerprint density at radius 3 is 2.26 bits per heavy atom. The van der Waals surface area contributed by atoms with Gasteiger partial charge in [0.25, 0.3) is 5.91 Å². The normalized spacial score (nSPS) is 22.1. The maximum Gasteiger partial charge on any atom is 0.309 e. The van der Waals surface area contributed by atoms with Gasteiger partial charge >= 0.3 is 5.97 Å². The van der Waals surface area contributed by atoms with Crippen LogP contribution in [-0.4, -0.2) is 43.7 Å². The van der Waals surface area contributed by atoms with Crippen molar-refractivity contribution in [1.29, 1.82) is 5.26 Å². The van der Waals surface area contributed by atoms with Crippen LogP contribution in [0.3, 0.4) is 0 Å². The van der Waals surface area contributed by atoms with E-state index in [1.807, 2.05) is 31.2 Å². The van der Waals surface area contributed by atoms with Crippen LogP contribution in [-0.2, 0) is 9.53 Å². The van der Waals surface area contributed by atoms with Crippen LogP contribution in [0.25, 0.3) is 0 Å². The lowest BCUT2D eigenvalue weighted by molar-refractivity contribution is -0.164. The number of carbonyl (C=O) groups is 2. The third-order valence-corrected chi connectivity index (χ3v) is 8.35. The molecule has 0 radical (unpaired) electrons. The minimum Gasteiger partial charge on any atom is -0.489 e. The number of nitriles is 1. The van der Waals surface area contributed by atoms with E-state index in [4.69, 9.17) is 26.3 Å². The summed E-state index contributed by atoms with van der Waals surface area (Å²) in [5.74, 6) is 0.344. The monoisotopic (exact) mass is 537 g/mol. The van der Waals surface area contributed by atoms with Crippen molar-refractivity contribution in [2.75, 3.05) is 24.6 Å². The van der Waals surface area contributed by atoms with Crippen LogP contribution in [0.4, 0.5) is 5.69 Å². The number of ether oxygens (including phenoxy) is 2. The topological polar surface area (TPSA) is 91.7 Å². The van der Waals surface area contributed by atoms with Crippen molar-refractivity contribution in [3.05, 3.63) is 58.6 Å². The van der Waals surface area contributed by atoms with Gasteiger partial charge in [-0.25, -0.2) is 0 Å². The average molecular weight is 538 g/mol. The van der Waals surface area contributed by atoms with E-state index in [-0.39, 0.29) is 40.8 Å². The van der Waals surface area contributed by atoms with Gasteiger partial charge in [0.1, 0.15) is 17.9 Å². The third-order valence-electron chi connectivity index (χ3n) is 8.04. The highest BCUT2D eigenvalue weighted by Gasteiger charge is 2.64. The van der Waals surface area contributed by atoms with Gasteiger partial charge in [-0.3, -0.25) is 9.59 Å². The van der Waals surface area contributed by atoms with Crippen LogP contribution >= 0.6 is 11.6 Å². The summed E-state index contributed by atoms with van der Waals surface area (Å²) in [7, 11) is 0. The van der Waals surface area contributed by atoms with Gasteiger partial charge in [-0.1, -0.05) is 39.3 Å². The molecule has 2 aromatic rings. The SMILES string of the molecule is CCOC(=O)C1CCN(c2ccc(C(=O)NC3C(C)(C)C(Oc4ccc(C#N)c(Cl)c4)C3(C)C)cc2)CC1. The van der Waals surface area contributed by atoms with E-state index >= 15 is 0 Å². The van der Waals surface area contributed by atoms with Gasteiger partial charge in [0, 0.05) is 47.3 Å². The fourth-order valence-electron chi connectivity index (χ4n) is 6.27. The van der Waals surface area contributed by atoms with Crippen LogP contribution in [0.5, 0.6) is 5.75 Å². The highest BCUT2D eigenvalue weighted by atomic mass is 35.5. The number of piperidine rings is 1. The second-order valence-corrected chi connectivity index (χ2v) is 11.8. The Morgan fingerprint density at radius 2 is 1.71 bits per heavy atom. The van der Waals surface area contributed by atoms with E-state index in [1.54, 1.807) is 18.2 Å². The molecule has 7 nitrogen and oxygen atoms in total. The summed E-state index contributed by atoms with van der Waals surface area (Å²) in [6.45, 7) is 12.2. The number of amides is 1. The van der Waals surface area contributed by atoms with E-state index in [0.717, 1.165) is 31.6 Å². The molecular weight excluding hydrogens is 502 g/mol. The first-order chi connectivity index (χ1) is 18.0. The molecule has 1 amide bonds. The number of nitrogens with zero attached hydrogens (tertiary/aromatic N) is 2. The lowest BCUT2D eigenvalue weighted by Crippen LogP contribution is -2.74. The molecular formula is C30H36ClN3O4. The van der Waals surface area contributed by atoms with Gasteiger partial charge in [-0.15, -0.1) is 0 Å². The molecule has 1 saturated heterocycles. The van der Waals surface area contributed by atoms with Crippen molar-refractivity contribution in [1.82, 2.24) is 5.32 Å². The molecule has 1 heterocycles. The number of halogens is 1. The van der Waals surface area contributed by atoms with Crippen LogP contribution in [0.1, 0.15) is 63.4 Å². The lowest BCUT2D eigenvalue weighted by atomic mass is 9.49. The summed E-state index contributed by atoms with van der Waals surface area (Å²) in [6.07, 6.45) is 1.37. The third kappa shape index (κ3) is 5.33. The molecule has 4 rings (SSSR count). The number of carbonyl (C=O) groups excluding carboxylic acids is 2. The molecule has 0 aromatic heterocycles. The molecule has 202 valence electrons. The van der Waals surface area contributed by atoms with Gasteiger partial charge < -0.3 is 19.7 Å². The van der Waals surface area contributed by atoms with Crippen molar-refractivity contribution in [2.45, 2.75) is 59.6 Å². The lowest BCUT2D eigenvalue weighted by Gasteiger charge is -2.63. The Labute approximate surface area is 230 Å². The molecule has 1 saturated carbocycles. The summed E-state index contributed by atoms with van der Waals surface area (Å²) in [4.78, 5) is 27.5. The number of hydrogen-bond acceptors (Lipinski definition) is 6. The maximum absolute atomic E-state index is 13.2. The molecule has 2 aliphatic rings. The van der Waals surface area contributed by atoms with E-state index < -0.39 is 0 Å². The van der Waals surface area contributed by atoms with Crippen LogP contribution < -0.4 is 15.0 Å². The summed E-state index contributed by atoms with van der Waals surface area (Å²) < 4.78 is 11.5. The maximum atomic E-state index is 13.2. The van der Waals surface area contributed by atoms with Gasteiger partial charge in [-0.05, 0) is 56.2 Å². The number of anilines is 1. The Morgan fingerprint density at radius 1 is 1.08 bits per heavy atom. The zero-order valence-electron chi connectivity index (χ0n) is 22.7. The van der Waals surface area contributed by atoms with E-state index in [2.05, 4.69) is 44.0 Å². The number of esters is 1. The quantitative estimate of drug-likeness (QED) is 0.462. The van der Waals surface area contributed by atoms with Crippen molar-refractivity contribution in [2.24, 2.45) is 16.7 Å². The average Bonchev–Trinajstić information content (AvgIpc) is 2.90. The number of hydrogen-bond donors (Lipinski definition) is 1. The van der Waals surface area contributed by atoms with Crippen molar-refractivity contribution in [3.63, 3.8) is 0 Å². The first kappa shape index (κ1) is 27.8. The van der Waals surface area contributed by atoms with Crippen molar-refractivity contribution < 1.29 is 19.1 Å². The Kier molecular flexibility index (Phi) is 7.94. The van der Waals surface area contributed by atoms with Gasteiger partial charge in [0.15, 0.2) is 0 Å². The van der Waals surface area contributed by atoms with Crippen molar-refractivity contribution >= 4 is 29.2 Å². The Balaban J connectivity index is 1.37. The molecule has 1 aliphatic carbocycles. The molecule has 2 aromatic carbocycles. The summed E-state index contributed by atoms with van der Waals surface area (Å²) >= 11 is 6.19. The van der Waals surface area contributed by atoms with Gasteiger partial charge in [-0.2, -0.15) is 5.26 Å². The molecule has 0 bridgehead atoms. The number of rotatable bonds is 7. The molecule has 0 spiro atoms. The minimum absolute atomic E-state index is 0.0351. The van der Waals surface area contributed by atoms with Crippen molar-refractivity contribution in [3.8, 4) is 11.8 Å². The largest absolute Gasteiger partial charge is 0.489 e. The van der Waals surface area contributed by atoms with Crippen LogP contribution in [0.2, 0.25) is 5.02 Å². The number of benzene rings is 2. The standard InChI is InChI=1S/C30H36ClN3O4/c1-6-37-26(36)20-13-15-34(16-14-20)22-10-7-19(8-11-22)25(35)33-27-29(2,3)28(30(27,4)5)38-23-12-9-21(18-32)24(31)17-23/h7-12,17,20,27-28H,6,13-16H2,1-5H3,(H,33,35). The summed E-state index contributed by atoms with van der Waals surface area (Å²) in [5, 5.41) is 12.7. The minimum atomic E-state index is -0.331. The first-order valence-corrected chi connectivity index (χ1v) is 13.6. The Hall–Kier alpha value is -3.24. The summed E-state index contributed by atoms with van der Waals surface area (Å²) in [5.41, 5.74) is 1.39. The zero-order chi connectivity index (χ0) is 27.7. The van der Waals surface area contributed by atoms with Crippen LogP contribution in [0, 0.1) is 28.1 Å². The summed E-state index contributed by atoms with van der Waals surface area (Å²) in [6, 6.07) is 14.7. The predicted octanol–water partition coefficient (Wildman–Crippen LogP) is 5.60. The molecule has 38 heavy (non-hydrogen) atoms. The highest BCUT2D eigenvalue weighted by Crippen LogP contribution is 2.55. The molecule has 1 aliphatic heterocycles. The van der Waals surface area contributed by atoms with E-state index in [0.29, 0.717) is 28.5 Å². The highest BCUT2D eigenvalue weighted by molar-refractivity contribution is 6.31. The second-order valence-electron chi connectivity index (χ2n) is 11.4. The zero-order valence-corrected chi connectivity index (χ0v) is 23.5. The molecule has 0 unspecified atom stereocenters. The predicted molar refractivity (Wildman–Crippen MR) is 147 cm³/mol. The Bertz CT molecular complexity index is 1210. The smallest absolute Gasteiger partial charge is 0.309 e. The van der Waals surface area contributed by atoms with E-state index in [1.165, 1.54) is 0 Å². The van der Waals surface area contributed by atoms with Gasteiger partial charge in [0.05, 0.1) is 23.1 Å². The fourth-order valence-corrected chi connectivity index (χ4v) is 6.48. The van der Waals surface area contributed by atoms with Crippen LogP contribution in [0.15, 0.2) is 42.5 Å². The van der Waals surface area contributed by atoms with Gasteiger partial charge in [0.2, 0.25) is 0 Å². The molecule has 0 atom stereocenters. The first-order valence-electron chi connectivity index (χ1n) is 13.2. The molecule has 2 fully saturated rings. The van der Waals surface area contributed by atoms with E-state index in [9.17, 15) is 9.59 Å².